The van der Waals surface area contributed by atoms with Crippen LogP contribution in [-0.2, 0) is 0 Å². The second-order valence-corrected chi connectivity index (χ2v) is 6.67. The molecule has 2 rings (SSSR count). The Hall–Kier alpha value is -0.690. The van der Waals surface area contributed by atoms with Crippen molar-refractivity contribution in [2.75, 3.05) is 0 Å². The number of benzene rings is 2. The SMILES string of the molecule is BrP(c1ccccc1)c1ccccc1.O. The topological polar surface area (TPSA) is 31.5 Å². The molecule has 2 aromatic rings. The van der Waals surface area contributed by atoms with Crippen molar-refractivity contribution in [3.8, 4) is 0 Å². The van der Waals surface area contributed by atoms with Gasteiger partial charge < -0.3 is 5.48 Å². The Morgan fingerprint density at radius 2 is 1.00 bits per heavy atom. The lowest BCUT2D eigenvalue weighted by molar-refractivity contribution is 0.824. The molecule has 2 aromatic carbocycles. The number of hydrogen-bond donors (Lipinski definition) is 0. The molecule has 0 aromatic heterocycles. The second-order valence-electron chi connectivity index (χ2n) is 2.95. The van der Waals surface area contributed by atoms with E-state index in [9.17, 15) is 0 Å². The van der Waals surface area contributed by atoms with E-state index >= 15 is 0 Å². The first-order chi connectivity index (χ1) is 6.88. The molecule has 0 atom stereocenters. The van der Waals surface area contributed by atoms with Crippen LogP contribution in [0.15, 0.2) is 60.7 Å². The van der Waals surface area contributed by atoms with E-state index in [2.05, 4.69) is 64.0 Å². The lowest BCUT2D eigenvalue weighted by atomic mass is 10.4. The lowest BCUT2D eigenvalue weighted by Gasteiger charge is -2.09. The summed E-state index contributed by atoms with van der Waals surface area (Å²) in [6, 6.07) is 21.0. The van der Waals surface area contributed by atoms with Crippen LogP contribution in [-0.4, -0.2) is 5.48 Å². The van der Waals surface area contributed by atoms with Gasteiger partial charge >= 0.3 is 0 Å². The molecule has 2 N–H and O–H groups in total. The Balaban J connectivity index is 0.00000112. The summed E-state index contributed by atoms with van der Waals surface area (Å²) in [5, 5.41) is 2.71. The molecule has 15 heavy (non-hydrogen) atoms. The maximum Gasteiger partial charge on any atom is 0.0265 e. The minimum Gasteiger partial charge on any atom is -0.412 e. The zero-order chi connectivity index (χ0) is 9.80. The molecule has 0 fully saturated rings. The van der Waals surface area contributed by atoms with Crippen LogP contribution in [0.3, 0.4) is 0 Å². The third-order valence-electron chi connectivity index (χ3n) is 1.97. The van der Waals surface area contributed by atoms with Gasteiger partial charge in [0.2, 0.25) is 0 Å². The van der Waals surface area contributed by atoms with Crippen LogP contribution < -0.4 is 10.6 Å². The highest BCUT2D eigenvalue weighted by atomic mass is 79.9. The summed E-state index contributed by atoms with van der Waals surface area (Å²) in [5.41, 5.74) is 0. The van der Waals surface area contributed by atoms with Crippen molar-refractivity contribution in [3.63, 3.8) is 0 Å². The molecule has 1 nitrogen and oxygen atoms in total. The Kier molecular flexibility index (Phi) is 4.97. The van der Waals surface area contributed by atoms with Crippen LogP contribution in [0.1, 0.15) is 0 Å². The molecule has 3 heteroatoms. The molecule has 0 saturated heterocycles. The van der Waals surface area contributed by atoms with E-state index in [1.807, 2.05) is 12.1 Å². The second kappa shape index (κ2) is 6.02. The first-order valence-corrected chi connectivity index (χ1v) is 7.80. The van der Waals surface area contributed by atoms with Gasteiger partial charge in [-0.3, -0.25) is 0 Å². The highest BCUT2D eigenvalue weighted by Crippen LogP contribution is 2.41. The smallest absolute Gasteiger partial charge is 0.0265 e. The van der Waals surface area contributed by atoms with Crippen LogP contribution in [0.25, 0.3) is 0 Å². The number of hydrogen-bond acceptors (Lipinski definition) is 0. The highest BCUT2D eigenvalue weighted by molar-refractivity contribution is 9.40. The van der Waals surface area contributed by atoms with E-state index in [0.717, 1.165) is 0 Å². The molecule has 0 aliphatic heterocycles. The van der Waals surface area contributed by atoms with Gasteiger partial charge in [-0.1, -0.05) is 60.7 Å². The van der Waals surface area contributed by atoms with E-state index in [-0.39, 0.29) is 12.1 Å². The van der Waals surface area contributed by atoms with Crippen LogP contribution >= 0.6 is 22.1 Å². The molecule has 0 radical (unpaired) electrons. The molecular formula is C12H12BrOP. The number of halogens is 1. The van der Waals surface area contributed by atoms with Crippen molar-refractivity contribution in [1.82, 2.24) is 0 Å². The average Bonchev–Trinajstić information content (AvgIpc) is 2.30. The predicted molar refractivity (Wildman–Crippen MR) is 71.6 cm³/mol. The Labute approximate surface area is 98.9 Å². The molecule has 0 aliphatic rings. The van der Waals surface area contributed by atoms with Crippen molar-refractivity contribution < 1.29 is 5.48 Å². The van der Waals surface area contributed by atoms with Crippen molar-refractivity contribution in [1.29, 1.82) is 0 Å². The van der Waals surface area contributed by atoms with E-state index in [1.165, 1.54) is 10.6 Å². The summed E-state index contributed by atoms with van der Waals surface area (Å²) < 4.78 is 0. The van der Waals surface area contributed by atoms with Gasteiger partial charge in [0.15, 0.2) is 0 Å². The first kappa shape index (κ1) is 12.4. The van der Waals surface area contributed by atoms with Crippen LogP contribution in [0.2, 0.25) is 0 Å². The lowest BCUT2D eigenvalue weighted by Crippen LogP contribution is -2.06. The van der Waals surface area contributed by atoms with Crippen molar-refractivity contribution in [2.45, 2.75) is 0 Å². The molecule has 0 unspecified atom stereocenters. The minimum atomic E-state index is -0.358. The maximum atomic E-state index is 3.76. The Morgan fingerprint density at radius 1 is 0.667 bits per heavy atom. The highest BCUT2D eigenvalue weighted by Gasteiger charge is 2.07. The van der Waals surface area contributed by atoms with Crippen LogP contribution in [0.4, 0.5) is 0 Å². The first-order valence-electron chi connectivity index (χ1n) is 4.44. The van der Waals surface area contributed by atoms with Crippen molar-refractivity contribution in [2.24, 2.45) is 0 Å². The molecule has 78 valence electrons. The Bertz CT molecular complexity index is 351. The molecule has 0 aliphatic carbocycles. The van der Waals surface area contributed by atoms with Gasteiger partial charge in [-0.2, -0.15) is 0 Å². The third kappa shape index (κ3) is 3.13. The van der Waals surface area contributed by atoms with Gasteiger partial charge in [-0.15, -0.1) is 0 Å². The van der Waals surface area contributed by atoms with Gasteiger partial charge in [0.1, 0.15) is 0 Å². The summed E-state index contributed by atoms with van der Waals surface area (Å²) in [7, 11) is 0. The van der Waals surface area contributed by atoms with E-state index in [4.69, 9.17) is 0 Å². The van der Waals surface area contributed by atoms with Gasteiger partial charge in [0.05, 0.1) is 0 Å². The summed E-state index contributed by atoms with van der Waals surface area (Å²) in [5.74, 6) is 0. The zero-order valence-corrected chi connectivity index (χ0v) is 10.6. The molecule has 0 heterocycles. The molecular weight excluding hydrogens is 271 g/mol. The largest absolute Gasteiger partial charge is 0.412 e. The monoisotopic (exact) mass is 282 g/mol. The van der Waals surface area contributed by atoms with Crippen molar-refractivity contribution >= 4 is 32.7 Å². The summed E-state index contributed by atoms with van der Waals surface area (Å²) in [6.45, 7) is -0.358. The summed E-state index contributed by atoms with van der Waals surface area (Å²) in [4.78, 5) is 0. The molecule has 0 saturated carbocycles. The zero-order valence-electron chi connectivity index (χ0n) is 8.10. The fraction of sp³-hybridized carbons (Fsp3) is 0. The maximum absolute atomic E-state index is 3.76. The Morgan fingerprint density at radius 3 is 1.33 bits per heavy atom. The van der Waals surface area contributed by atoms with Crippen molar-refractivity contribution in [3.05, 3.63) is 60.7 Å². The minimum absolute atomic E-state index is 0. The number of rotatable bonds is 2. The predicted octanol–water partition coefficient (Wildman–Crippen LogP) is 2.60. The van der Waals surface area contributed by atoms with Gasteiger partial charge in [0.25, 0.3) is 0 Å². The molecule has 0 spiro atoms. The summed E-state index contributed by atoms with van der Waals surface area (Å²) in [6.07, 6.45) is 0. The normalized spacial score (nSPS) is 9.73. The van der Waals surface area contributed by atoms with E-state index in [1.54, 1.807) is 0 Å². The van der Waals surface area contributed by atoms with Crippen LogP contribution in [0.5, 0.6) is 0 Å². The van der Waals surface area contributed by atoms with Gasteiger partial charge in [0, 0.05) is 6.62 Å². The fourth-order valence-corrected chi connectivity index (χ4v) is 3.85. The molecule has 0 bridgehead atoms. The standard InChI is InChI=1S/C12H10BrP.H2O/c13-14(11-7-3-1-4-8-11)12-9-5-2-6-10-12;/h1-10H;1H2. The fourth-order valence-electron chi connectivity index (χ4n) is 1.27. The van der Waals surface area contributed by atoms with Gasteiger partial charge in [-0.25, -0.2) is 0 Å². The quantitative estimate of drug-likeness (QED) is 0.759. The summed E-state index contributed by atoms with van der Waals surface area (Å²) >= 11 is 3.76. The van der Waals surface area contributed by atoms with Gasteiger partial charge in [-0.05, 0) is 26.1 Å². The van der Waals surface area contributed by atoms with E-state index < -0.39 is 0 Å². The van der Waals surface area contributed by atoms with Crippen LogP contribution in [0, 0.1) is 0 Å². The molecule has 0 amide bonds. The third-order valence-corrected chi connectivity index (χ3v) is 5.93. The van der Waals surface area contributed by atoms with E-state index in [0.29, 0.717) is 0 Å². The average molecular weight is 283 g/mol.